The van der Waals surface area contributed by atoms with Crippen LogP contribution in [0.2, 0.25) is 5.02 Å². The summed E-state index contributed by atoms with van der Waals surface area (Å²) >= 11 is 5.83. The third-order valence-corrected chi connectivity index (χ3v) is 2.08. The molecule has 0 fully saturated rings. The van der Waals surface area contributed by atoms with E-state index in [9.17, 15) is 4.79 Å². The Morgan fingerprint density at radius 1 is 1.60 bits per heavy atom. The molecule has 0 heterocycles. The van der Waals surface area contributed by atoms with Crippen LogP contribution in [0, 0.1) is 6.92 Å². The molecule has 0 saturated heterocycles. The van der Waals surface area contributed by atoms with Crippen LogP contribution in [-0.4, -0.2) is 26.8 Å². The van der Waals surface area contributed by atoms with E-state index in [-0.39, 0.29) is 0 Å². The molecule has 1 rings (SSSR count). The molecule has 0 aromatic heterocycles. The average Bonchev–Trinajstić information content (AvgIpc) is 2.23. The minimum atomic E-state index is 0.492. The summed E-state index contributed by atoms with van der Waals surface area (Å²) in [7, 11) is 1.34. The molecule has 1 aromatic carbocycles. The first-order chi connectivity index (χ1) is 7.24. The van der Waals surface area contributed by atoms with Crippen molar-refractivity contribution in [2.45, 2.75) is 6.92 Å². The van der Waals surface area contributed by atoms with Gasteiger partial charge in [0.25, 0.3) is 7.41 Å². The Morgan fingerprint density at radius 3 is 3.13 bits per heavy atom. The highest BCUT2D eigenvalue weighted by atomic mass is 35.5. The number of carbonyl (C=O) groups excluding carboxylic acids is 1. The number of carbonyl (C=O) groups is 1. The van der Waals surface area contributed by atoms with Gasteiger partial charge in [-0.2, -0.15) is 0 Å². The van der Waals surface area contributed by atoms with Gasteiger partial charge < -0.3 is 14.8 Å². The Bertz CT molecular complexity index is 333. The molecular weight excluding hydrogens is 212 g/mol. The van der Waals surface area contributed by atoms with Crippen LogP contribution in [0.3, 0.4) is 0 Å². The number of rotatable bonds is 6. The molecule has 0 bridgehead atoms. The molecular formula is C10H12BClNO2. The Hall–Kier alpha value is -0.995. The summed E-state index contributed by atoms with van der Waals surface area (Å²) in [4.78, 5) is 9.96. The second-order valence-electron chi connectivity index (χ2n) is 3.02. The topological polar surface area (TPSA) is 38.3 Å². The predicted molar refractivity (Wildman–Crippen MR) is 62.2 cm³/mol. The van der Waals surface area contributed by atoms with E-state index in [2.05, 4.69) is 5.23 Å². The van der Waals surface area contributed by atoms with Gasteiger partial charge >= 0.3 is 0 Å². The summed E-state index contributed by atoms with van der Waals surface area (Å²) < 4.78 is 5.48. The lowest BCUT2D eigenvalue weighted by Crippen LogP contribution is -2.25. The third-order valence-electron chi connectivity index (χ3n) is 1.84. The lowest BCUT2D eigenvalue weighted by atomic mass is 9.99. The van der Waals surface area contributed by atoms with E-state index < -0.39 is 0 Å². The summed E-state index contributed by atoms with van der Waals surface area (Å²) in [5.74, 6) is 0.774. The number of aryl methyl sites for hydroxylation is 1. The predicted octanol–water partition coefficient (Wildman–Crippen LogP) is 1.43. The molecule has 1 aromatic rings. The number of ether oxygens (including phenoxy) is 1. The number of nitrogens with one attached hydrogen (secondary N) is 1. The number of hydrogen-bond acceptors (Lipinski definition) is 3. The summed E-state index contributed by atoms with van der Waals surface area (Å²) in [6.45, 7) is 3.03. The Balaban J connectivity index is 2.36. The monoisotopic (exact) mass is 224 g/mol. The van der Waals surface area contributed by atoms with E-state index in [1.807, 2.05) is 19.1 Å². The molecule has 3 nitrogen and oxygen atoms in total. The molecule has 0 spiro atoms. The van der Waals surface area contributed by atoms with Crippen molar-refractivity contribution in [3.63, 3.8) is 0 Å². The highest BCUT2D eigenvalue weighted by molar-refractivity contribution is 6.64. The number of halogens is 1. The normalized spacial score (nSPS) is 9.73. The molecule has 0 saturated carbocycles. The Morgan fingerprint density at radius 2 is 2.40 bits per heavy atom. The van der Waals surface area contributed by atoms with Crippen LogP contribution in [0.4, 0.5) is 0 Å². The van der Waals surface area contributed by atoms with Gasteiger partial charge in [0.15, 0.2) is 0 Å². The van der Waals surface area contributed by atoms with Crippen LogP contribution in [0.15, 0.2) is 18.2 Å². The zero-order valence-electron chi connectivity index (χ0n) is 8.50. The van der Waals surface area contributed by atoms with E-state index in [1.165, 1.54) is 7.41 Å². The quantitative estimate of drug-likeness (QED) is 0.451. The third kappa shape index (κ3) is 4.36. The molecule has 0 unspecified atom stereocenters. The molecule has 1 N–H and O–H groups in total. The lowest BCUT2D eigenvalue weighted by Gasteiger charge is -2.09. The van der Waals surface area contributed by atoms with Crippen molar-refractivity contribution in [2.24, 2.45) is 0 Å². The van der Waals surface area contributed by atoms with Crippen molar-refractivity contribution in [3.05, 3.63) is 28.8 Å². The summed E-state index contributed by atoms with van der Waals surface area (Å²) in [5, 5.41) is 3.44. The fourth-order valence-corrected chi connectivity index (χ4v) is 1.24. The molecule has 0 aliphatic rings. The van der Waals surface area contributed by atoms with E-state index >= 15 is 0 Å². The van der Waals surface area contributed by atoms with Crippen molar-refractivity contribution >= 4 is 25.2 Å². The van der Waals surface area contributed by atoms with Gasteiger partial charge in [0.05, 0.1) is 12.8 Å². The van der Waals surface area contributed by atoms with Crippen molar-refractivity contribution in [2.75, 3.05) is 13.2 Å². The standard InChI is InChI=1S/C10H12BClNO2/c1-8-2-3-9(12)6-10(8)15-5-4-13-11-7-14/h2-3,6-7,13H,4-5H2,1H3. The maximum atomic E-state index is 9.96. The Kier molecular flexibility index (Phi) is 5.22. The van der Waals surface area contributed by atoms with Crippen molar-refractivity contribution < 1.29 is 9.53 Å². The van der Waals surface area contributed by atoms with Gasteiger partial charge in [-0.3, -0.25) is 0 Å². The van der Waals surface area contributed by atoms with E-state index in [1.54, 1.807) is 6.07 Å². The van der Waals surface area contributed by atoms with Gasteiger partial charge in [0.2, 0.25) is 0 Å². The van der Waals surface area contributed by atoms with Crippen LogP contribution < -0.4 is 9.96 Å². The second-order valence-corrected chi connectivity index (χ2v) is 3.45. The molecule has 1 radical (unpaired) electrons. The minimum Gasteiger partial charge on any atom is -0.492 e. The summed E-state index contributed by atoms with van der Waals surface area (Å²) in [6.07, 6.45) is 0.699. The van der Waals surface area contributed by atoms with Crippen LogP contribution in [0.5, 0.6) is 5.75 Å². The minimum absolute atomic E-state index is 0.492. The Labute approximate surface area is 95.0 Å². The first kappa shape index (κ1) is 12.1. The highest BCUT2D eigenvalue weighted by Gasteiger charge is 1.99. The largest absolute Gasteiger partial charge is 0.492 e. The maximum absolute atomic E-state index is 9.96. The van der Waals surface area contributed by atoms with Crippen LogP contribution >= 0.6 is 11.6 Å². The molecule has 15 heavy (non-hydrogen) atoms. The van der Waals surface area contributed by atoms with Crippen molar-refractivity contribution in [1.29, 1.82) is 0 Å². The van der Waals surface area contributed by atoms with Gasteiger partial charge in [0.1, 0.15) is 5.75 Å². The fraction of sp³-hybridized carbons (Fsp3) is 0.300. The zero-order chi connectivity index (χ0) is 11.1. The number of benzene rings is 1. The van der Waals surface area contributed by atoms with Crippen LogP contribution in [0.1, 0.15) is 5.56 Å². The summed E-state index contributed by atoms with van der Waals surface area (Å²) in [5.41, 5.74) is 1.04. The van der Waals surface area contributed by atoms with Gasteiger partial charge in [0, 0.05) is 11.6 Å². The van der Waals surface area contributed by atoms with Gasteiger partial charge in [-0.1, -0.05) is 17.7 Å². The van der Waals surface area contributed by atoms with E-state index in [0.29, 0.717) is 24.4 Å². The van der Waals surface area contributed by atoms with E-state index in [4.69, 9.17) is 16.3 Å². The van der Waals surface area contributed by atoms with Gasteiger partial charge in [-0.05, 0) is 24.6 Å². The number of hydrogen-bond donors (Lipinski definition) is 1. The summed E-state index contributed by atoms with van der Waals surface area (Å²) in [6, 6.07) is 5.51. The SMILES string of the molecule is Cc1ccc(Cl)cc1OCCN[B]C=O. The molecule has 79 valence electrons. The fourth-order valence-electron chi connectivity index (χ4n) is 1.08. The average molecular weight is 224 g/mol. The van der Waals surface area contributed by atoms with Gasteiger partial charge in [-0.25, -0.2) is 0 Å². The molecule has 0 amide bonds. The molecule has 0 aliphatic carbocycles. The molecule has 0 atom stereocenters. The lowest BCUT2D eigenvalue weighted by molar-refractivity contribution is 0.321. The van der Waals surface area contributed by atoms with Gasteiger partial charge in [-0.15, -0.1) is 0 Å². The highest BCUT2D eigenvalue weighted by Crippen LogP contribution is 2.22. The zero-order valence-corrected chi connectivity index (χ0v) is 9.25. The first-order valence-electron chi connectivity index (χ1n) is 4.63. The van der Waals surface area contributed by atoms with Crippen LogP contribution in [0.25, 0.3) is 0 Å². The van der Waals surface area contributed by atoms with Crippen molar-refractivity contribution in [1.82, 2.24) is 5.23 Å². The molecule has 0 aliphatic heterocycles. The molecule has 5 heteroatoms. The van der Waals surface area contributed by atoms with Crippen LogP contribution in [-0.2, 0) is 4.79 Å². The first-order valence-corrected chi connectivity index (χ1v) is 5.01. The second kappa shape index (κ2) is 6.48. The van der Waals surface area contributed by atoms with E-state index in [0.717, 1.165) is 11.3 Å². The maximum Gasteiger partial charge on any atom is 0.290 e. The van der Waals surface area contributed by atoms with Crippen molar-refractivity contribution in [3.8, 4) is 5.75 Å². The smallest absolute Gasteiger partial charge is 0.290 e.